The maximum atomic E-state index is 9.26. The number of para-hydroxylation sites is 1. The van der Waals surface area contributed by atoms with E-state index in [1.807, 2.05) is 91.4 Å². The number of piperazine rings is 2. The number of nitrogen functional groups attached to an aromatic ring is 4. The van der Waals surface area contributed by atoms with Gasteiger partial charge in [0.05, 0.1) is 123 Å². The first-order valence-corrected chi connectivity index (χ1v) is 46.1. The van der Waals surface area contributed by atoms with Gasteiger partial charge < -0.3 is 96.6 Å². The highest BCUT2D eigenvalue weighted by Gasteiger charge is 2.32. The van der Waals surface area contributed by atoms with E-state index in [9.17, 15) is 5.11 Å². The lowest BCUT2D eigenvalue weighted by Crippen LogP contribution is -2.47. The summed E-state index contributed by atoms with van der Waals surface area (Å²) < 4.78 is 22.1. The number of β-amino-alcohol motifs (C(OH)–C–C–N with tert-alkyl or cyclic N) is 2. The minimum absolute atomic E-state index is 0.183. The first kappa shape index (κ1) is 90.8. The summed E-state index contributed by atoms with van der Waals surface area (Å²) in [6.07, 6.45) is 16.1. The number of nitrogens with zero attached hydrogens (tertiary/aromatic N) is 26. The van der Waals surface area contributed by atoms with E-state index in [-0.39, 0.29) is 13.2 Å². The largest absolute Gasteiger partial charge is 0.395 e. The Bertz CT molecular complexity index is 6040. The maximum Gasteiger partial charge on any atom is 0.228 e. The molecule has 7 fully saturated rings. The van der Waals surface area contributed by atoms with Crippen molar-refractivity contribution in [3.8, 4) is 78.8 Å². The molecule has 0 atom stereocenters. The number of fused-ring (bicyclic) bond motifs is 4. The van der Waals surface area contributed by atoms with Crippen molar-refractivity contribution in [2.24, 2.45) is 5.92 Å². The minimum Gasteiger partial charge on any atom is -0.395 e. The lowest BCUT2D eigenvalue weighted by molar-refractivity contribution is 0.122. The van der Waals surface area contributed by atoms with Crippen LogP contribution in [-0.4, -0.2) is 316 Å². The average molecular weight is 1810 g/mol. The fourth-order valence-electron chi connectivity index (χ4n) is 17.5. The average Bonchev–Trinajstić information content (AvgIpc) is 0.735. The van der Waals surface area contributed by atoms with Gasteiger partial charge in [0.2, 0.25) is 23.8 Å². The second-order valence-electron chi connectivity index (χ2n) is 34.2. The predicted molar refractivity (Wildman–Crippen MR) is 523 cm³/mol. The van der Waals surface area contributed by atoms with Crippen LogP contribution in [0.25, 0.3) is 89.7 Å². The van der Waals surface area contributed by atoms with Crippen molar-refractivity contribution in [3.63, 3.8) is 0 Å². The number of nitrogens with one attached hydrogen (secondary N) is 1. The molecule has 20 heterocycles. The van der Waals surface area contributed by atoms with E-state index in [2.05, 4.69) is 131 Å². The number of ether oxygens (including phenoxy) is 4. The van der Waals surface area contributed by atoms with Crippen molar-refractivity contribution in [2.75, 3.05) is 274 Å². The SMILES string of the molecule is CN1CCC(Cc2ccc(Nc3cc(-c4ccc(N)nc4)nc(N4CCOCC4)n3)cn2)CC1.CN1Cc2c(-c3ccc(N)nc3)nc(N3CCOCC3)nc2-c2cc3ccccc3nc21.Nc1ccc(-c2cc(-c3ccc(N4CCN(CCO)CC4)nc3)nc(N3CCOCC3)n2)cn1.Nc1ccc(-c2cc(-c3cccnc3N3CCN(CCO)CC3)nc(N3CCOCC3)n2)cn1. The lowest BCUT2D eigenvalue weighted by Gasteiger charge is -2.35. The Morgan fingerprint density at radius 1 is 0.373 bits per heavy atom. The number of hydrogen-bond donors (Lipinski definition) is 7. The van der Waals surface area contributed by atoms with Crippen LogP contribution < -0.4 is 62.6 Å². The summed E-state index contributed by atoms with van der Waals surface area (Å²) in [5.74, 6) is 8.90. The van der Waals surface area contributed by atoms with Crippen LogP contribution in [0.1, 0.15) is 24.1 Å². The number of nitrogens with two attached hydrogens (primary N) is 4. The van der Waals surface area contributed by atoms with Gasteiger partial charge in [-0.3, -0.25) is 14.8 Å². The van der Waals surface area contributed by atoms with Gasteiger partial charge in [0.1, 0.15) is 46.5 Å². The van der Waals surface area contributed by atoms with E-state index < -0.39 is 0 Å². The van der Waals surface area contributed by atoms with Gasteiger partial charge in [0.25, 0.3) is 0 Å². The number of aromatic nitrogens is 16. The third-order valence-electron chi connectivity index (χ3n) is 25.1. The number of likely N-dealkylation sites (tertiary alicyclic amines) is 1. The molecule has 13 aromatic rings. The Balaban J connectivity index is 0.000000119. The molecule has 8 aliphatic heterocycles. The quantitative estimate of drug-likeness (QED) is 0.0376. The number of piperidine rings is 1. The second kappa shape index (κ2) is 43.3. The zero-order valence-electron chi connectivity index (χ0n) is 75.8. The van der Waals surface area contributed by atoms with Gasteiger partial charge in [-0.25, -0.2) is 69.8 Å². The molecule has 21 rings (SSSR count). The van der Waals surface area contributed by atoms with Gasteiger partial charge in [-0.05, 0) is 155 Å². The summed E-state index contributed by atoms with van der Waals surface area (Å²) in [4.78, 5) is 97.7. The Labute approximate surface area is 778 Å². The van der Waals surface area contributed by atoms with Crippen molar-refractivity contribution < 1.29 is 29.2 Å². The Kier molecular flexibility index (Phi) is 29.3. The highest BCUT2D eigenvalue weighted by Crippen LogP contribution is 2.43. The van der Waals surface area contributed by atoms with Crippen molar-refractivity contribution >= 4 is 86.9 Å². The lowest BCUT2D eigenvalue weighted by atomic mass is 9.92. The fourth-order valence-corrected chi connectivity index (χ4v) is 17.5. The highest BCUT2D eigenvalue weighted by atomic mass is 16.5. The first-order valence-electron chi connectivity index (χ1n) is 46.1. The Hall–Kier alpha value is -13.8. The van der Waals surface area contributed by atoms with Gasteiger partial charge in [-0.2, -0.15) is 4.98 Å². The molecular weight excluding hydrogens is 1700 g/mol. The number of morpholine rings is 4. The smallest absolute Gasteiger partial charge is 0.228 e. The Morgan fingerprint density at radius 2 is 0.836 bits per heavy atom. The first-order chi connectivity index (χ1) is 65.7. The van der Waals surface area contributed by atoms with E-state index in [1.165, 1.54) is 25.9 Å². The summed E-state index contributed by atoms with van der Waals surface area (Å²) >= 11 is 0. The molecule has 0 bridgehead atoms. The molecule has 0 amide bonds. The molecule has 8 aliphatic rings. The molecule has 694 valence electrons. The summed E-state index contributed by atoms with van der Waals surface area (Å²) in [6.45, 7) is 23.3. The van der Waals surface area contributed by atoms with Crippen molar-refractivity contribution in [1.29, 1.82) is 0 Å². The molecule has 0 saturated carbocycles. The van der Waals surface area contributed by atoms with Gasteiger partial charge in [-0.1, -0.05) is 18.2 Å². The van der Waals surface area contributed by atoms with E-state index in [4.69, 9.17) is 107 Å². The molecule has 0 unspecified atom stereocenters. The molecule has 0 radical (unpaired) electrons. The molecular formula is C97H115N31O6. The van der Waals surface area contributed by atoms with Crippen LogP contribution in [0.4, 0.5) is 76.0 Å². The third-order valence-corrected chi connectivity index (χ3v) is 25.1. The molecule has 12 aromatic heterocycles. The number of anilines is 13. The van der Waals surface area contributed by atoms with Crippen molar-refractivity contribution in [3.05, 3.63) is 188 Å². The molecule has 7 saturated heterocycles. The van der Waals surface area contributed by atoms with Crippen LogP contribution in [0.15, 0.2) is 177 Å². The number of pyridine rings is 8. The molecule has 37 nitrogen and oxygen atoms in total. The van der Waals surface area contributed by atoms with Crippen LogP contribution in [0.5, 0.6) is 0 Å². The van der Waals surface area contributed by atoms with E-state index >= 15 is 0 Å². The zero-order chi connectivity index (χ0) is 91.6. The number of hydrogen-bond acceptors (Lipinski definition) is 37. The topological polar surface area (TPSA) is 432 Å². The summed E-state index contributed by atoms with van der Waals surface area (Å²) in [6, 6.07) is 43.5. The van der Waals surface area contributed by atoms with Crippen LogP contribution in [0.3, 0.4) is 0 Å². The summed E-state index contributed by atoms with van der Waals surface area (Å²) in [5, 5.41) is 22.9. The molecule has 0 spiro atoms. The normalized spacial score (nSPS) is 16.9. The van der Waals surface area contributed by atoms with Crippen molar-refractivity contribution in [1.82, 2.24) is 94.4 Å². The molecule has 1 aromatic carbocycles. The summed E-state index contributed by atoms with van der Waals surface area (Å²) in [7, 11) is 4.26. The van der Waals surface area contributed by atoms with Gasteiger partial charge >= 0.3 is 0 Å². The fraction of sp³-hybridized carbons (Fsp3) is 0.381. The molecule has 0 aliphatic carbocycles. The second-order valence-corrected chi connectivity index (χ2v) is 34.2. The van der Waals surface area contributed by atoms with Gasteiger partial charge in [0, 0.05) is 230 Å². The number of benzene rings is 1. The van der Waals surface area contributed by atoms with Crippen LogP contribution in [0.2, 0.25) is 0 Å². The Morgan fingerprint density at radius 3 is 1.33 bits per heavy atom. The van der Waals surface area contributed by atoms with Crippen molar-refractivity contribution in [2.45, 2.75) is 25.8 Å². The molecule has 134 heavy (non-hydrogen) atoms. The number of aliphatic hydroxyl groups is 2. The standard InChI is InChI=1S/C25H32N8O.2C24H30N8O2.C24H23N7O/c1-32-8-6-18(7-9-32)14-20-3-4-21(17-27-20)29-24-15-22(19-2-5-23(26)28-16-19)30-25(31-24)33-10-12-34-13-11-33;25-22-3-1-18(16-26-22)20-15-21(29-24(28-20)32-10-13-34-14-11-32)19-2-4-23(27-17-19)31-7-5-30(6-8-31)9-12-33;25-22-4-3-18(17-27-22)20-16-21(29-24(28-20)32-11-14-34-15-12-32)19-2-1-5-26-23(19)31-8-6-30(7-9-31)10-13-33;1-30-14-18-21(16-6-7-20(25)26-13-16)28-24(31-8-10-32-11-9-31)29-22(18)17-12-15-4-2-3-5-19(15)27-23(17)30/h2-5,15-18H,6-14H2,1H3,(H2,26,28)(H,29,30,31);1-4,15-17,33H,5-14H2,(H2,25,26);1-5,16-17,33H,6-15H2,(H2,25,27);2-7,12-13H,8-11,14H2,1H3,(H2,25,26). The van der Waals surface area contributed by atoms with E-state index in [0.717, 1.165) is 248 Å². The minimum atomic E-state index is 0.183. The van der Waals surface area contributed by atoms with Crippen LogP contribution >= 0.6 is 0 Å². The number of rotatable bonds is 20. The summed E-state index contributed by atoms with van der Waals surface area (Å²) in [5.41, 5.74) is 39.6. The van der Waals surface area contributed by atoms with Crippen LogP contribution in [0, 0.1) is 5.92 Å². The predicted octanol–water partition coefficient (Wildman–Crippen LogP) is 8.37. The maximum absolute atomic E-state index is 9.26. The molecule has 37 heteroatoms. The monoisotopic (exact) mass is 1810 g/mol. The van der Waals surface area contributed by atoms with Gasteiger partial charge in [0.15, 0.2) is 0 Å². The zero-order valence-corrected chi connectivity index (χ0v) is 75.8. The van der Waals surface area contributed by atoms with Gasteiger partial charge in [-0.15, -0.1) is 0 Å². The van der Waals surface area contributed by atoms with E-state index in [1.54, 1.807) is 43.0 Å². The third kappa shape index (κ3) is 22.6. The number of aliphatic hydroxyl groups excluding tert-OH is 2. The van der Waals surface area contributed by atoms with Crippen LogP contribution in [-0.2, 0) is 31.9 Å². The molecule has 11 N–H and O–H groups in total. The van der Waals surface area contributed by atoms with E-state index in [0.29, 0.717) is 119 Å². The highest BCUT2D eigenvalue weighted by molar-refractivity contribution is 5.93.